The summed E-state index contributed by atoms with van der Waals surface area (Å²) >= 11 is 0. The highest BCUT2D eigenvalue weighted by molar-refractivity contribution is 5.96. The Morgan fingerprint density at radius 2 is 2.00 bits per heavy atom. The van der Waals surface area contributed by atoms with Crippen LogP contribution in [0.3, 0.4) is 0 Å². The van der Waals surface area contributed by atoms with E-state index in [-0.39, 0.29) is 18.3 Å². The summed E-state index contributed by atoms with van der Waals surface area (Å²) in [4.78, 5) is 22.5. The average Bonchev–Trinajstić information content (AvgIpc) is 3.16. The highest BCUT2D eigenvalue weighted by Crippen LogP contribution is 2.22. The zero-order valence-electron chi connectivity index (χ0n) is 14.7. The molecule has 0 saturated heterocycles. The number of rotatable bonds is 6. The van der Waals surface area contributed by atoms with Crippen molar-refractivity contribution in [2.24, 2.45) is 0 Å². The van der Waals surface area contributed by atoms with Gasteiger partial charge in [-0.25, -0.2) is 0 Å². The van der Waals surface area contributed by atoms with Crippen molar-refractivity contribution >= 4 is 5.91 Å². The van der Waals surface area contributed by atoms with Gasteiger partial charge in [0.2, 0.25) is 11.8 Å². The Labute approximate surface area is 150 Å². The van der Waals surface area contributed by atoms with Crippen molar-refractivity contribution in [3.05, 3.63) is 53.9 Å². The molecule has 3 aromatic rings. The lowest BCUT2D eigenvalue weighted by molar-refractivity contribution is 0.0768. The molecule has 8 nitrogen and oxygen atoms in total. The Morgan fingerprint density at radius 1 is 1.15 bits per heavy atom. The number of pyridine rings is 2. The van der Waals surface area contributed by atoms with Crippen LogP contribution in [0.2, 0.25) is 0 Å². The molecule has 0 aliphatic rings. The van der Waals surface area contributed by atoms with Crippen molar-refractivity contribution in [1.82, 2.24) is 20.0 Å². The van der Waals surface area contributed by atoms with Crippen LogP contribution in [0.25, 0.3) is 11.4 Å². The highest BCUT2D eigenvalue weighted by atomic mass is 16.5. The number of nitrogens with zero attached hydrogens (tertiary/aromatic N) is 4. The van der Waals surface area contributed by atoms with Crippen molar-refractivity contribution in [2.75, 3.05) is 21.3 Å². The number of aromatic nitrogens is 3. The summed E-state index contributed by atoms with van der Waals surface area (Å²) < 4.78 is 15.6. The van der Waals surface area contributed by atoms with Gasteiger partial charge < -0.3 is 18.9 Å². The number of carbonyl (C=O) groups excluding carboxylic acids is 1. The van der Waals surface area contributed by atoms with E-state index in [1.165, 1.54) is 19.1 Å². The van der Waals surface area contributed by atoms with Gasteiger partial charge in [0.15, 0.2) is 5.76 Å². The van der Waals surface area contributed by atoms with Gasteiger partial charge in [-0.3, -0.25) is 9.78 Å². The standard InChI is InChI=1S/C18H18N4O4/c1-22(18(23)13-7-8-16(24-2)20-17(13)25-3)11-12-10-15(21-26-12)14-6-4-5-9-19-14/h4-10H,11H2,1-3H3. The van der Waals surface area contributed by atoms with Gasteiger partial charge >= 0.3 is 0 Å². The van der Waals surface area contributed by atoms with Crippen LogP contribution < -0.4 is 9.47 Å². The minimum Gasteiger partial charge on any atom is -0.481 e. The number of methoxy groups -OCH3 is 2. The Bertz CT molecular complexity index is 895. The molecular formula is C18H18N4O4. The molecule has 0 spiro atoms. The maximum absolute atomic E-state index is 12.7. The Balaban J connectivity index is 1.75. The molecule has 0 radical (unpaired) electrons. The van der Waals surface area contributed by atoms with E-state index in [9.17, 15) is 4.79 Å². The van der Waals surface area contributed by atoms with Crippen LogP contribution in [0.5, 0.6) is 11.8 Å². The molecule has 0 aliphatic heterocycles. The first-order chi connectivity index (χ1) is 12.6. The molecule has 134 valence electrons. The average molecular weight is 354 g/mol. The molecule has 0 N–H and O–H groups in total. The Morgan fingerprint density at radius 3 is 2.69 bits per heavy atom. The van der Waals surface area contributed by atoms with Gasteiger partial charge in [0.1, 0.15) is 11.3 Å². The van der Waals surface area contributed by atoms with Crippen LogP contribution in [-0.4, -0.2) is 47.2 Å². The summed E-state index contributed by atoms with van der Waals surface area (Å²) in [6.45, 7) is 0.244. The summed E-state index contributed by atoms with van der Waals surface area (Å²) in [5, 5.41) is 4.00. The van der Waals surface area contributed by atoms with E-state index in [4.69, 9.17) is 14.0 Å². The fourth-order valence-electron chi connectivity index (χ4n) is 2.39. The molecule has 3 aromatic heterocycles. The van der Waals surface area contributed by atoms with Crippen molar-refractivity contribution in [3.63, 3.8) is 0 Å². The third kappa shape index (κ3) is 3.64. The van der Waals surface area contributed by atoms with Gasteiger partial charge in [0.05, 0.1) is 26.5 Å². The maximum Gasteiger partial charge on any atom is 0.259 e. The second-order valence-corrected chi connectivity index (χ2v) is 5.47. The van der Waals surface area contributed by atoms with Crippen molar-refractivity contribution in [1.29, 1.82) is 0 Å². The van der Waals surface area contributed by atoms with Gasteiger partial charge in [-0.1, -0.05) is 11.2 Å². The van der Waals surface area contributed by atoms with Gasteiger partial charge in [-0.15, -0.1) is 0 Å². The highest BCUT2D eigenvalue weighted by Gasteiger charge is 2.20. The second-order valence-electron chi connectivity index (χ2n) is 5.47. The normalized spacial score (nSPS) is 10.4. The minimum absolute atomic E-state index is 0.202. The molecule has 0 aliphatic carbocycles. The molecule has 0 unspecified atom stereocenters. The molecule has 1 amide bonds. The molecule has 0 aromatic carbocycles. The quantitative estimate of drug-likeness (QED) is 0.671. The first-order valence-electron chi connectivity index (χ1n) is 7.84. The predicted octanol–water partition coefficient (Wildman–Crippen LogP) is 2.42. The van der Waals surface area contributed by atoms with Gasteiger partial charge in [-0.05, 0) is 18.2 Å². The first kappa shape index (κ1) is 17.4. The third-order valence-corrected chi connectivity index (χ3v) is 3.69. The van der Waals surface area contributed by atoms with E-state index < -0.39 is 0 Å². The number of hydrogen-bond donors (Lipinski definition) is 0. The zero-order chi connectivity index (χ0) is 18.5. The first-order valence-corrected chi connectivity index (χ1v) is 7.84. The summed E-state index contributed by atoms with van der Waals surface area (Å²) in [5.41, 5.74) is 1.66. The van der Waals surface area contributed by atoms with Crippen molar-refractivity contribution < 1.29 is 18.8 Å². The predicted molar refractivity (Wildman–Crippen MR) is 92.9 cm³/mol. The lowest BCUT2D eigenvalue weighted by Gasteiger charge is -2.17. The molecule has 8 heteroatoms. The number of ether oxygens (including phenoxy) is 2. The lowest BCUT2D eigenvalue weighted by Crippen LogP contribution is -2.26. The molecule has 26 heavy (non-hydrogen) atoms. The van der Waals surface area contributed by atoms with Crippen LogP contribution in [0.15, 0.2) is 47.1 Å². The summed E-state index contributed by atoms with van der Waals surface area (Å²) in [7, 11) is 4.61. The third-order valence-electron chi connectivity index (χ3n) is 3.69. The fourth-order valence-corrected chi connectivity index (χ4v) is 2.39. The second kappa shape index (κ2) is 7.64. The summed E-state index contributed by atoms with van der Waals surface area (Å²) in [6, 6.07) is 10.5. The SMILES string of the molecule is COc1ccc(C(=O)N(C)Cc2cc(-c3ccccn3)no2)c(OC)n1. The van der Waals surface area contributed by atoms with E-state index >= 15 is 0 Å². The van der Waals surface area contributed by atoms with Gasteiger partial charge in [0.25, 0.3) is 5.91 Å². The molecule has 3 heterocycles. The van der Waals surface area contributed by atoms with E-state index in [1.807, 2.05) is 18.2 Å². The fraction of sp³-hybridized carbons (Fsp3) is 0.222. The molecule has 0 atom stereocenters. The van der Waals surface area contributed by atoms with Crippen LogP contribution in [0, 0.1) is 0 Å². The Kier molecular flexibility index (Phi) is 5.12. The maximum atomic E-state index is 12.7. The minimum atomic E-state index is -0.257. The zero-order valence-corrected chi connectivity index (χ0v) is 14.7. The molecule has 0 bridgehead atoms. The molecular weight excluding hydrogens is 336 g/mol. The summed E-state index contributed by atoms with van der Waals surface area (Å²) in [5.74, 6) is 0.860. The molecule has 0 saturated carbocycles. The van der Waals surface area contributed by atoms with Crippen LogP contribution in [0.4, 0.5) is 0 Å². The Hall–Kier alpha value is -3.42. The van der Waals surface area contributed by atoms with E-state index in [2.05, 4.69) is 15.1 Å². The topological polar surface area (TPSA) is 90.6 Å². The van der Waals surface area contributed by atoms with Crippen molar-refractivity contribution in [3.8, 4) is 23.1 Å². The largest absolute Gasteiger partial charge is 0.481 e. The molecule has 3 rings (SSSR count). The monoisotopic (exact) mass is 354 g/mol. The van der Waals surface area contributed by atoms with Crippen LogP contribution in [0.1, 0.15) is 16.1 Å². The summed E-state index contributed by atoms with van der Waals surface area (Å²) in [6.07, 6.45) is 1.68. The van der Waals surface area contributed by atoms with Gasteiger partial charge in [0, 0.05) is 25.4 Å². The lowest BCUT2D eigenvalue weighted by atomic mass is 10.2. The smallest absolute Gasteiger partial charge is 0.259 e. The van der Waals surface area contributed by atoms with Crippen LogP contribution in [-0.2, 0) is 6.54 Å². The number of amides is 1. The molecule has 0 fully saturated rings. The van der Waals surface area contributed by atoms with Crippen LogP contribution >= 0.6 is 0 Å². The van der Waals surface area contributed by atoms with E-state index in [1.54, 1.807) is 31.4 Å². The van der Waals surface area contributed by atoms with E-state index in [0.717, 1.165) is 0 Å². The van der Waals surface area contributed by atoms with Crippen molar-refractivity contribution in [2.45, 2.75) is 6.54 Å². The van der Waals surface area contributed by atoms with E-state index in [0.29, 0.717) is 28.6 Å². The number of hydrogen-bond acceptors (Lipinski definition) is 7. The number of carbonyl (C=O) groups is 1. The van der Waals surface area contributed by atoms with Gasteiger partial charge in [-0.2, -0.15) is 4.98 Å².